The highest BCUT2D eigenvalue weighted by Gasteiger charge is 2.33. The van der Waals surface area contributed by atoms with Crippen molar-refractivity contribution in [3.63, 3.8) is 0 Å². The number of rotatable bonds is 2. The Hall–Kier alpha value is -0.850. The van der Waals surface area contributed by atoms with Crippen molar-refractivity contribution >= 4 is 5.78 Å². The number of hydrogen-bond acceptors (Lipinski definition) is 1. The average molecular weight is 162 g/mol. The van der Waals surface area contributed by atoms with Crippen molar-refractivity contribution in [3.05, 3.63) is 24.3 Å². The molecule has 1 saturated carbocycles. The maximum absolute atomic E-state index is 10.7. The molecule has 1 nitrogen and oxygen atoms in total. The number of carbonyl (C=O) groups is 1. The summed E-state index contributed by atoms with van der Waals surface area (Å²) in [7, 11) is 0. The summed E-state index contributed by atoms with van der Waals surface area (Å²) >= 11 is 0. The van der Waals surface area contributed by atoms with Gasteiger partial charge in [-0.15, -0.1) is 0 Å². The highest BCUT2D eigenvalue weighted by atomic mass is 16.1. The first-order valence-electron chi connectivity index (χ1n) is 4.63. The monoisotopic (exact) mass is 162 g/mol. The molecular formula is C11H14O. The summed E-state index contributed by atoms with van der Waals surface area (Å²) in [5.41, 5.74) is 0. The zero-order valence-corrected chi connectivity index (χ0v) is 7.36. The van der Waals surface area contributed by atoms with Crippen molar-refractivity contribution in [3.8, 4) is 0 Å². The van der Waals surface area contributed by atoms with E-state index in [2.05, 4.69) is 18.2 Å². The zero-order chi connectivity index (χ0) is 8.55. The zero-order valence-electron chi connectivity index (χ0n) is 7.36. The summed E-state index contributed by atoms with van der Waals surface area (Å²) in [5, 5.41) is 0. The second-order valence-corrected chi connectivity index (χ2v) is 3.91. The Labute approximate surface area is 73.2 Å². The maximum atomic E-state index is 10.7. The summed E-state index contributed by atoms with van der Waals surface area (Å²) in [4.78, 5) is 10.7. The van der Waals surface area contributed by atoms with Crippen molar-refractivity contribution in [1.29, 1.82) is 0 Å². The van der Waals surface area contributed by atoms with Crippen LogP contribution in [0.5, 0.6) is 0 Å². The lowest BCUT2D eigenvalue weighted by molar-refractivity contribution is -0.112. The van der Waals surface area contributed by atoms with E-state index < -0.39 is 0 Å². The van der Waals surface area contributed by atoms with Crippen LogP contribution in [0.3, 0.4) is 0 Å². The molecule has 0 unspecified atom stereocenters. The maximum Gasteiger partial charge on any atom is 0.152 e. The van der Waals surface area contributed by atoms with E-state index in [4.69, 9.17) is 0 Å². The van der Waals surface area contributed by atoms with Crippen LogP contribution in [0.2, 0.25) is 0 Å². The standard InChI is InChI=1S/C11H14O/c1-8(12)2-4-10-6-9-3-5-11(10)7-9/h2-5,9-11H,6-7H2,1H3/b4-2-/t9-,10+,11+/m1/s1. The van der Waals surface area contributed by atoms with Gasteiger partial charge in [-0.2, -0.15) is 0 Å². The van der Waals surface area contributed by atoms with Crippen LogP contribution in [-0.4, -0.2) is 5.78 Å². The van der Waals surface area contributed by atoms with Gasteiger partial charge in [-0.05, 0) is 43.6 Å². The lowest BCUT2D eigenvalue weighted by atomic mass is 9.93. The topological polar surface area (TPSA) is 17.1 Å². The lowest BCUT2D eigenvalue weighted by Gasteiger charge is -2.12. The quantitative estimate of drug-likeness (QED) is 0.450. The Morgan fingerprint density at radius 3 is 2.75 bits per heavy atom. The fraction of sp³-hybridized carbons (Fsp3) is 0.545. The molecule has 0 aliphatic heterocycles. The molecule has 0 saturated heterocycles. The molecule has 64 valence electrons. The van der Waals surface area contributed by atoms with Gasteiger partial charge in [0.05, 0.1) is 0 Å². The summed E-state index contributed by atoms with van der Waals surface area (Å²) in [6, 6.07) is 0. The molecule has 3 atom stereocenters. The molecule has 0 radical (unpaired) electrons. The van der Waals surface area contributed by atoms with Crippen molar-refractivity contribution in [1.82, 2.24) is 0 Å². The first-order valence-corrected chi connectivity index (χ1v) is 4.63. The minimum Gasteiger partial charge on any atom is -0.295 e. The van der Waals surface area contributed by atoms with Crippen molar-refractivity contribution in [2.24, 2.45) is 17.8 Å². The molecule has 0 amide bonds. The van der Waals surface area contributed by atoms with Gasteiger partial charge < -0.3 is 0 Å². The second-order valence-electron chi connectivity index (χ2n) is 3.91. The molecule has 0 aromatic rings. The molecule has 0 N–H and O–H groups in total. The molecule has 2 aliphatic rings. The van der Waals surface area contributed by atoms with Gasteiger partial charge in [-0.25, -0.2) is 0 Å². The predicted molar refractivity (Wildman–Crippen MR) is 48.7 cm³/mol. The number of carbonyl (C=O) groups excluding carboxylic acids is 1. The van der Waals surface area contributed by atoms with Crippen molar-refractivity contribution in [2.75, 3.05) is 0 Å². The smallest absolute Gasteiger partial charge is 0.152 e. The highest BCUT2D eigenvalue weighted by Crippen LogP contribution is 2.43. The van der Waals surface area contributed by atoms with Crippen molar-refractivity contribution < 1.29 is 4.79 Å². The molecule has 0 spiro atoms. The molecule has 2 rings (SSSR count). The molecule has 2 bridgehead atoms. The Bertz CT molecular complexity index is 250. The first-order chi connectivity index (χ1) is 5.75. The fourth-order valence-electron chi connectivity index (χ4n) is 2.30. The van der Waals surface area contributed by atoms with Gasteiger partial charge >= 0.3 is 0 Å². The van der Waals surface area contributed by atoms with Gasteiger partial charge in [0.25, 0.3) is 0 Å². The van der Waals surface area contributed by atoms with Crippen molar-refractivity contribution in [2.45, 2.75) is 19.8 Å². The van der Waals surface area contributed by atoms with E-state index in [0.29, 0.717) is 5.92 Å². The van der Waals surface area contributed by atoms with Gasteiger partial charge in [0.2, 0.25) is 0 Å². The van der Waals surface area contributed by atoms with E-state index >= 15 is 0 Å². The molecule has 1 heteroatoms. The summed E-state index contributed by atoms with van der Waals surface area (Å²) in [6.07, 6.45) is 11.0. The van der Waals surface area contributed by atoms with E-state index in [1.165, 1.54) is 12.8 Å². The highest BCUT2D eigenvalue weighted by molar-refractivity contribution is 5.87. The normalized spacial score (nSPS) is 38.2. The van der Waals surface area contributed by atoms with Crippen LogP contribution >= 0.6 is 0 Å². The molecule has 0 aromatic carbocycles. The van der Waals surface area contributed by atoms with Crippen LogP contribution in [0.15, 0.2) is 24.3 Å². The SMILES string of the molecule is CC(=O)/C=C\[C@H]1C[C@H]2C=C[C@H]1C2. The first kappa shape index (κ1) is 7.78. The van der Waals surface area contributed by atoms with E-state index in [-0.39, 0.29) is 5.78 Å². The van der Waals surface area contributed by atoms with Gasteiger partial charge in [0.15, 0.2) is 5.78 Å². The number of fused-ring (bicyclic) bond motifs is 2. The molecule has 2 aliphatic carbocycles. The second kappa shape index (κ2) is 2.89. The summed E-state index contributed by atoms with van der Waals surface area (Å²) in [6.45, 7) is 1.61. The van der Waals surface area contributed by atoms with Crippen LogP contribution < -0.4 is 0 Å². The third-order valence-electron chi connectivity index (χ3n) is 2.91. The van der Waals surface area contributed by atoms with Crippen LogP contribution in [0, 0.1) is 17.8 Å². The fourth-order valence-corrected chi connectivity index (χ4v) is 2.30. The number of allylic oxidation sites excluding steroid dienone is 4. The van der Waals surface area contributed by atoms with E-state index in [0.717, 1.165) is 11.8 Å². The number of hydrogen-bond donors (Lipinski definition) is 0. The van der Waals surface area contributed by atoms with E-state index in [1.54, 1.807) is 13.0 Å². The third-order valence-corrected chi connectivity index (χ3v) is 2.91. The molecular weight excluding hydrogens is 148 g/mol. The molecule has 0 heterocycles. The lowest BCUT2D eigenvalue weighted by Crippen LogP contribution is -2.03. The minimum absolute atomic E-state index is 0.168. The largest absolute Gasteiger partial charge is 0.295 e. The third kappa shape index (κ3) is 1.36. The predicted octanol–water partition coefficient (Wildman–Crippen LogP) is 2.34. The Kier molecular flexibility index (Phi) is 1.87. The van der Waals surface area contributed by atoms with Crippen LogP contribution in [0.4, 0.5) is 0 Å². The molecule has 1 fully saturated rings. The van der Waals surface area contributed by atoms with E-state index in [9.17, 15) is 4.79 Å². The Balaban J connectivity index is 1.99. The summed E-state index contributed by atoms with van der Waals surface area (Å²) < 4.78 is 0. The molecule has 0 aromatic heterocycles. The van der Waals surface area contributed by atoms with Crippen LogP contribution in [0.1, 0.15) is 19.8 Å². The van der Waals surface area contributed by atoms with Gasteiger partial charge in [-0.1, -0.05) is 18.2 Å². The minimum atomic E-state index is 0.168. The van der Waals surface area contributed by atoms with Gasteiger partial charge in [-0.3, -0.25) is 4.79 Å². The van der Waals surface area contributed by atoms with Crippen LogP contribution in [0.25, 0.3) is 0 Å². The van der Waals surface area contributed by atoms with Crippen LogP contribution in [-0.2, 0) is 4.79 Å². The summed E-state index contributed by atoms with van der Waals surface area (Å²) in [5.74, 6) is 2.34. The Morgan fingerprint density at radius 1 is 1.42 bits per heavy atom. The molecule has 12 heavy (non-hydrogen) atoms. The Morgan fingerprint density at radius 2 is 2.25 bits per heavy atom. The van der Waals surface area contributed by atoms with Gasteiger partial charge in [0, 0.05) is 0 Å². The number of ketones is 1. The van der Waals surface area contributed by atoms with E-state index in [1.807, 2.05) is 0 Å². The average Bonchev–Trinajstić information content (AvgIpc) is 2.60. The van der Waals surface area contributed by atoms with Gasteiger partial charge in [0.1, 0.15) is 0 Å².